The molecule has 0 aliphatic rings. The topological polar surface area (TPSA) is 0 Å². The number of halogens is 1. The van der Waals surface area contributed by atoms with Crippen LogP contribution < -0.4 is 0 Å². The van der Waals surface area contributed by atoms with Gasteiger partial charge in [-0.05, 0) is 63.1 Å². The van der Waals surface area contributed by atoms with Gasteiger partial charge in [0.1, 0.15) is 0 Å². The van der Waals surface area contributed by atoms with Gasteiger partial charge in [0.15, 0.2) is 0 Å². The molecule has 1 unspecified atom stereocenters. The van der Waals surface area contributed by atoms with E-state index in [1.807, 2.05) is 23.1 Å². The van der Waals surface area contributed by atoms with Crippen LogP contribution in [0.2, 0.25) is 0 Å². The zero-order valence-electron chi connectivity index (χ0n) is 11.1. The van der Waals surface area contributed by atoms with E-state index in [1.165, 1.54) is 30.2 Å². The molecule has 96 valence electrons. The summed E-state index contributed by atoms with van der Waals surface area (Å²) in [7, 11) is 0. The number of thioether (sulfide) groups is 1. The molecule has 0 fully saturated rings. The van der Waals surface area contributed by atoms with Crippen molar-refractivity contribution >= 4 is 39.0 Å². The van der Waals surface area contributed by atoms with Crippen LogP contribution in [0.1, 0.15) is 33.1 Å². The lowest BCUT2D eigenvalue weighted by Crippen LogP contribution is -1.87. The highest BCUT2D eigenvalue weighted by Crippen LogP contribution is 2.39. The van der Waals surface area contributed by atoms with E-state index in [2.05, 4.69) is 67.9 Å². The first kappa shape index (κ1) is 14.2. The standard InChI is InChI=1S/C15H17BrS2/c1-9-7-13(8-10(2)15(9)16)18-12(4)14-6-5-11(3)17-14/h5-8,12H,1-4H3. The van der Waals surface area contributed by atoms with E-state index in [0.717, 1.165) is 0 Å². The molecule has 0 bridgehead atoms. The summed E-state index contributed by atoms with van der Waals surface area (Å²) >= 11 is 7.45. The molecule has 1 aromatic heterocycles. The lowest BCUT2D eigenvalue weighted by Gasteiger charge is -2.12. The Bertz CT molecular complexity index is 534. The van der Waals surface area contributed by atoms with Crippen LogP contribution in [0.25, 0.3) is 0 Å². The van der Waals surface area contributed by atoms with Gasteiger partial charge in [0, 0.05) is 24.4 Å². The van der Waals surface area contributed by atoms with E-state index < -0.39 is 0 Å². The molecule has 1 aromatic carbocycles. The first-order valence-electron chi connectivity index (χ1n) is 5.97. The third kappa shape index (κ3) is 3.19. The molecule has 0 aliphatic heterocycles. The zero-order valence-corrected chi connectivity index (χ0v) is 14.3. The summed E-state index contributed by atoms with van der Waals surface area (Å²) in [6, 6.07) is 8.98. The second kappa shape index (κ2) is 5.81. The van der Waals surface area contributed by atoms with Gasteiger partial charge < -0.3 is 0 Å². The maximum atomic E-state index is 3.62. The zero-order chi connectivity index (χ0) is 13.3. The fourth-order valence-corrected chi connectivity index (χ4v) is 4.33. The van der Waals surface area contributed by atoms with E-state index in [0.29, 0.717) is 5.25 Å². The van der Waals surface area contributed by atoms with E-state index in [4.69, 9.17) is 0 Å². The van der Waals surface area contributed by atoms with Gasteiger partial charge in [0.2, 0.25) is 0 Å². The van der Waals surface area contributed by atoms with Crippen LogP contribution in [0.5, 0.6) is 0 Å². The van der Waals surface area contributed by atoms with Crippen LogP contribution in [0.3, 0.4) is 0 Å². The second-order valence-electron chi connectivity index (χ2n) is 4.58. The molecule has 2 aromatic rings. The molecule has 0 saturated heterocycles. The van der Waals surface area contributed by atoms with Crippen molar-refractivity contribution in [2.75, 3.05) is 0 Å². The summed E-state index contributed by atoms with van der Waals surface area (Å²) < 4.78 is 1.23. The summed E-state index contributed by atoms with van der Waals surface area (Å²) in [5.41, 5.74) is 2.62. The Balaban J connectivity index is 2.19. The Morgan fingerprint density at radius 2 is 1.72 bits per heavy atom. The molecule has 0 nitrogen and oxygen atoms in total. The minimum Gasteiger partial charge on any atom is -0.145 e. The summed E-state index contributed by atoms with van der Waals surface area (Å²) in [5, 5.41) is 0.517. The van der Waals surface area contributed by atoms with Crippen LogP contribution in [0.15, 0.2) is 33.6 Å². The van der Waals surface area contributed by atoms with Gasteiger partial charge in [0.25, 0.3) is 0 Å². The van der Waals surface area contributed by atoms with Gasteiger partial charge in [-0.25, -0.2) is 0 Å². The second-order valence-corrected chi connectivity index (χ2v) is 8.11. The molecule has 0 saturated carbocycles. The summed E-state index contributed by atoms with van der Waals surface area (Å²) in [4.78, 5) is 4.20. The molecule has 0 spiro atoms. The van der Waals surface area contributed by atoms with Crippen molar-refractivity contribution in [3.8, 4) is 0 Å². The van der Waals surface area contributed by atoms with Crippen molar-refractivity contribution in [2.24, 2.45) is 0 Å². The number of thiophene rings is 1. The highest BCUT2D eigenvalue weighted by atomic mass is 79.9. The van der Waals surface area contributed by atoms with Crippen molar-refractivity contribution < 1.29 is 0 Å². The first-order valence-corrected chi connectivity index (χ1v) is 8.46. The molecule has 0 radical (unpaired) electrons. The predicted molar refractivity (Wildman–Crippen MR) is 86.9 cm³/mol. The minimum atomic E-state index is 0.517. The average molecular weight is 341 g/mol. The Kier molecular flexibility index (Phi) is 4.57. The third-order valence-electron chi connectivity index (χ3n) is 2.88. The molecule has 1 heterocycles. The molecule has 18 heavy (non-hydrogen) atoms. The molecular weight excluding hydrogens is 324 g/mol. The van der Waals surface area contributed by atoms with E-state index in [1.54, 1.807) is 0 Å². The van der Waals surface area contributed by atoms with Gasteiger partial charge in [-0.1, -0.05) is 15.9 Å². The van der Waals surface area contributed by atoms with Crippen molar-refractivity contribution in [3.05, 3.63) is 49.6 Å². The summed E-state index contributed by atoms with van der Waals surface area (Å²) in [6.45, 7) is 8.75. The van der Waals surface area contributed by atoms with Gasteiger partial charge in [-0.2, -0.15) is 0 Å². The summed E-state index contributed by atoms with van der Waals surface area (Å²) in [6.07, 6.45) is 0. The Morgan fingerprint density at radius 3 is 2.22 bits per heavy atom. The quantitative estimate of drug-likeness (QED) is 0.591. The highest BCUT2D eigenvalue weighted by Gasteiger charge is 2.11. The first-order chi connectivity index (χ1) is 8.47. The van der Waals surface area contributed by atoms with Gasteiger partial charge in [-0.15, -0.1) is 23.1 Å². The van der Waals surface area contributed by atoms with Crippen LogP contribution in [-0.4, -0.2) is 0 Å². The number of rotatable bonds is 3. The van der Waals surface area contributed by atoms with Gasteiger partial charge in [0.05, 0.1) is 0 Å². The maximum Gasteiger partial charge on any atom is 0.0410 e. The fraction of sp³-hybridized carbons (Fsp3) is 0.333. The van der Waals surface area contributed by atoms with Crippen LogP contribution >= 0.6 is 39.0 Å². The van der Waals surface area contributed by atoms with Crippen molar-refractivity contribution in [2.45, 2.75) is 37.8 Å². The van der Waals surface area contributed by atoms with Crippen molar-refractivity contribution in [3.63, 3.8) is 0 Å². The fourth-order valence-electron chi connectivity index (χ4n) is 1.91. The molecule has 0 amide bonds. The largest absolute Gasteiger partial charge is 0.145 e. The van der Waals surface area contributed by atoms with Crippen molar-refractivity contribution in [1.29, 1.82) is 0 Å². The smallest absolute Gasteiger partial charge is 0.0410 e. The van der Waals surface area contributed by atoms with Crippen LogP contribution in [0.4, 0.5) is 0 Å². The lowest BCUT2D eigenvalue weighted by molar-refractivity contribution is 1.13. The number of benzene rings is 1. The number of aryl methyl sites for hydroxylation is 3. The molecule has 0 N–H and O–H groups in total. The highest BCUT2D eigenvalue weighted by molar-refractivity contribution is 9.10. The molecule has 3 heteroatoms. The Hall–Kier alpha value is -0.250. The number of hydrogen-bond acceptors (Lipinski definition) is 2. The van der Waals surface area contributed by atoms with Crippen LogP contribution in [-0.2, 0) is 0 Å². The van der Waals surface area contributed by atoms with E-state index >= 15 is 0 Å². The Morgan fingerprint density at radius 1 is 1.11 bits per heavy atom. The van der Waals surface area contributed by atoms with Gasteiger partial charge >= 0.3 is 0 Å². The lowest BCUT2D eigenvalue weighted by atomic mass is 10.2. The maximum absolute atomic E-state index is 3.62. The van der Waals surface area contributed by atoms with E-state index in [-0.39, 0.29) is 0 Å². The average Bonchev–Trinajstić information content (AvgIpc) is 2.72. The third-order valence-corrected chi connectivity index (χ3v) is 6.58. The summed E-state index contributed by atoms with van der Waals surface area (Å²) in [5.74, 6) is 0. The molecule has 1 atom stereocenters. The number of hydrogen-bond donors (Lipinski definition) is 0. The monoisotopic (exact) mass is 340 g/mol. The minimum absolute atomic E-state index is 0.517. The van der Waals surface area contributed by atoms with Gasteiger partial charge in [-0.3, -0.25) is 0 Å². The molecule has 0 aliphatic carbocycles. The van der Waals surface area contributed by atoms with Crippen LogP contribution in [0, 0.1) is 20.8 Å². The predicted octanol–water partition coefficient (Wildman–Crippen LogP) is 6.29. The molecule has 2 rings (SSSR count). The Labute approximate surface area is 126 Å². The normalized spacial score (nSPS) is 12.7. The SMILES string of the molecule is Cc1ccc(C(C)Sc2cc(C)c(Br)c(C)c2)s1. The van der Waals surface area contributed by atoms with Crippen molar-refractivity contribution in [1.82, 2.24) is 0 Å². The molecular formula is C15H17BrS2. The van der Waals surface area contributed by atoms with E-state index in [9.17, 15) is 0 Å².